The summed E-state index contributed by atoms with van der Waals surface area (Å²) in [7, 11) is 2.17. The predicted octanol–water partition coefficient (Wildman–Crippen LogP) is 3.84. The third-order valence-electron chi connectivity index (χ3n) is 4.20. The Hall–Kier alpha value is -1.02. The molecular weight excluding hydrogens is 232 g/mol. The zero-order valence-corrected chi connectivity index (χ0v) is 13.4. The minimum Gasteiger partial charge on any atom is -0.371 e. The van der Waals surface area contributed by atoms with Crippen molar-refractivity contribution in [3.63, 3.8) is 0 Å². The molecule has 0 aromatic heterocycles. The summed E-state index contributed by atoms with van der Waals surface area (Å²) in [5, 5.41) is 0. The zero-order chi connectivity index (χ0) is 14.6. The van der Waals surface area contributed by atoms with Gasteiger partial charge in [0.25, 0.3) is 0 Å². The van der Waals surface area contributed by atoms with Gasteiger partial charge in [0.2, 0.25) is 0 Å². The maximum Gasteiger partial charge on any atom is 0.0366 e. The van der Waals surface area contributed by atoms with E-state index in [4.69, 9.17) is 5.73 Å². The molecule has 2 heteroatoms. The van der Waals surface area contributed by atoms with Crippen LogP contribution < -0.4 is 10.6 Å². The van der Waals surface area contributed by atoms with Gasteiger partial charge in [0.15, 0.2) is 0 Å². The number of hydrogen-bond acceptors (Lipinski definition) is 2. The van der Waals surface area contributed by atoms with E-state index in [2.05, 4.69) is 70.8 Å². The minimum atomic E-state index is 0.275. The van der Waals surface area contributed by atoms with Crippen LogP contribution in [0, 0.1) is 5.41 Å². The lowest BCUT2D eigenvalue weighted by atomic mass is 9.87. The van der Waals surface area contributed by atoms with Crippen LogP contribution in [0.4, 0.5) is 5.69 Å². The lowest BCUT2D eigenvalue weighted by Crippen LogP contribution is -2.39. The quantitative estimate of drug-likeness (QED) is 0.873. The molecule has 0 fully saturated rings. The van der Waals surface area contributed by atoms with Crippen molar-refractivity contribution in [3.8, 4) is 0 Å². The fraction of sp³-hybridized carbons (Fsp3) is 0.647. The van der Waals surface area contributed by atoms with Gasteiger partial charge in [-0.05, 0) is 42.9 Å². The molecule has 108 valence electrons. The molecule has 19 heavy (non-hydrogen) atoms. The first-order valence-electron chi connectivity index (χ1n) is 7.33. The Bertz CT molecular complexity index is 375. The molecule has 2 nitrogen and oxygen atoms in total. The van der Waals surface area contributed by atoms with Crippen LogP contribution in [0.25, 0.3) is 0 Å². The van der Waals surface area contributed by atoms with Crippen LogP contribution in [0.5, 0.6) is 0 Å². The molecule has 0 heterocycles. The van der Waals surface area contributed by atoms with E-state index >= 15 is 0 Å². The molecule has 2 unspecified atom stereocenters. The van der Waals surface area contributed by atoms with Crippen molar-refractivity contribution in [1.29, 1.82) is 0 Å². The average Bonchev–Trinajstić information content (AvgIpc) is 2.36. The van der Waals surface area contributed by atoms with E-state index in [-0.39, 0.29) is 11.5 Å². The average molecular weight is 262 g/mol. The molecule has 1 aromatic rings. The third kappa shape index (κ3) is 4.54. The smallest absolute Gasteiger partial charge is 0.0366 e. The van der Waals surface area contributed by atoms with E-state index in [0.29, 0.717) is 6.04 Å². The first-order valence-corrected chi connectivity index (χ1v) is 7.33. The Kier molecular flexibility index (Phi) is 5.42. The maximum absolute atomic E-state index is 6.00. The highest BCUT2D eigenvalue weighted by atomic mass is 15.1. The first-order chi connectivity index (χ1) is 8.75. The van der Waals surface area contributed by atoms with E-state index < -0.39 is 0 Å². The maximum atomic E-state index is 6.00. The fourth-order valence-corrected chi connectivity index (χ4v) is 2.12. The molecule has 1 rings (SSSR count). The molecule has 1 aromatic carbocycles. The number of rotatable bonds is 5. The number of nitrogens with zero attached hydrogens (tertiary/aromatic N) is 1. The molecule has 2 atom stereocenters. The standard InChI is InChI=1S/C17H30N2/c1-7-15(18)12-14-8-10-16(11-9-14)19(6)13(2)17(3,4)5/h8-11,13,15H,7,12,18H2,1-6H3. The van der Waals surface area contributed by atoms with Crippen molar-refractivity contribution in [2.75, 3.05) is 11.9 Å². The van der Waals surface area contributed by atoms with Crippen molar-refractivity contribution >= 4 is 5.69 Å². The van der Waals surface area contributed by atoms with Gasteiger partial charge in [-0.25, -0.2) is 0 Å². The molecule has 0 bridgehead atoms. The van der Waals surface area contributed by atoms with Crippen molar-refractivity contribution in [2.24, 2.45) is 11.1 Å². The van der Waals surface area contributed by atoms with Gasteiger partial charge in [0.1, 0.15) is 0 Å². The Morgan fingerprint density at radius 2 is 1.68 bits per heavy atom. The molecule has 0 aliphatic heterocycles. The molecular formula is C17H30N2. The van der Waals surface area contributed by atoms with E-state index in [1.54, 1.807) is 0 Å². The molecule has 0 spiro atoms. The van der Waals surface area contributed by atoms with Crippen LogP contribution in [0.2, 0.25) is 0 Å². The van der Waals surface area contributed by atoms with Crippen molar-refractivity contribution < 1.29 is 0 Å². The second-order valence-corrected chi connectivity index (χ2v) is 6.69. The molecule has 0 aliphatic carbocycles. The van der Waals surface area contributed by atoms with Crippen LogP contribution in [-0.4, -0.2) is 19.1 Å². The number of hydrogen-bond donors (Lipinski definition) is 1. The number of anilines is 1. The summed E-state index contributed by atoms with van der Waals surface area (Å²) in [6.45, 7) is 11.3. The summed E-state index contributed by atoms with van der Waals surface area (Å²) >= 11 is 0. The highest BCUT2D eigenvalue weighted by molar-refractivity contribution is 5.48. The second-order valence-electron chi connectivity index (χ2n) is 6.69. The van der Waals surface area contributed by atoms with Gasteiger partial charge >= 0.3 is 0 Å². The number of nitrogens with two attached hydrogens (primary N) is 1. The van der Waals surface area contributed by atoms with E-state index in [1.807, 2.05) is 0 Å². The number of benzene rings is 1. The van der Waals surface area contributed by atoms with Crippen LogP contribution in [0.15, 0.2) is 24.3 Å². The highest BCUT2D eigenvalue weighted by Gasteiger charge is 2.23. The van der Waals surface area contributed by atoms with Gasteiger partial charge in [0, 0.05) is 24.8 Å². The Balaban J connectivity index is 2.76. The summed E-state index contributed by atoms with van der Waals surface area (Å²) in [6.07, 6.45) is 2.00. The molecule has 2 N–H and O–H groups in total. The summed E-state index contributed by atoms with van der Waals surface area (Å²) in [4.78, 5) is 2.35. The Labute approximate surface area is 119 Å². The molecule has 0 saturated carbocycles. The second kappa shape index (κ2) is 6.42. The monoisotopic (exact) mass is 262 g/mol. The van der Waals surface area contributed by atoms with Gasteiger partial charge in [-0.3, -0.25) is 0 Å². The predicted molar refractivity (Wildman–Crippen MR) is 85.7 cm³/mol. The largest absolute Gasteiger partial charge is 0.371 e. The first kappa shape index (κ1) is 16.0. The van der Waals surface area contributed by atoms with Crippen LogP contribution in [-0.2, 0) is 6.42 Å². The SMILES string of the molecule is CCC(N)Cc1ccc(N(C)C(C)C(C)(C)C)cc1. The van der Waals surface area contributed by atoms with Crippen LogP contribution in [0.1, 0.15) is 46.6 Å². The van der Waals surface area contributed by atoms with Gasteiger partial charge in [-0.1, -0.05) is 39.8 Å². The van der Waals surface area contributed by atoms with Crippen molar-refractivity contribution in [2.45, 2.75) is 59.5 Å². The Morgan fingerprint density at radius 1 is 1.16 bits per heavy atom. The van der Waals surface area contributed by atoms with E-state index in [9.17, 15) is 0 Å². The normalized spacial score (nSPS) is 15.1. The highest BCUT2D eigenvalue weighted by Crippen LogP contribution is 2.27. The van der Waals surface area contributed by atoms with Gasteiger partial charge in [0.05, 0.1) is 0 Å². The molecule has 0 radical (unpaired) electrons. The van der Waals surface area contributed by atoms with Crippen LogP contribution >= 0.6 is 0 Å². The minimum absolute atomic E-state index is 0.275. The molecule has 0 aliphatic rings. The third-order valence-corrected chi connectivity index (χ3v) is 4.20. The van der Waals surface area contributed by atoms with Crippen molar-refractivity contribution in [3.05, 3.63) is 29.8 Å². The van der Waals surface area contributed by atoms with E-state index in [0.717, 1.165) is 12.8 Å². The lowest BCUT2D eigenvalue weighted by molar-refractivity contribution is 0.330. The molecule has 0 amide bonds. The topological polar surface area (TPSA) is 29.3 Å². The molecule has 0 saturated heterocycles. The fourth-order valence-electron chi connectivity index (χ4n) is 2.12. The van der Waals surface area contributed by atoms with E-state index in [1.165, 1.54) is 11.3 Å². The summed E-state index contributed by atoms with van der Waals surface area (Å²) in [5.41, 5.74) is 8.88. The Morgan fingerprint density at radius 3 is 2.11 bits per heavy atom. The van der Waals surface area contributed by atoms with Crippen LogP contribution in [0.3, 0.4) is 0 Å². The lowest BCUT2D eigenvalue weighted by Gasteiger charge is -2.37. The van der Waals surface area contributed by atoms with Crippen molar-refractivity contribution in [1.82, 2.24) is 0 Å². The van der Waals surface area contributed by atoms with Gasteiger partial charge < -0.3 is 10.6 Å². The van der Waals surface area contributed by atoms with Gasteiger partial charge in [-0.2, -0.15) is 0 Å². The summed E-state index contributed by atoms with van der Waals surface area (Å²) in [6, 6.07) is 9.60. The summed E-state index contributed by atoms with van der Waals surface area (Å²) in [5.74, 6) is 0. The summed E-state index contributed by atoms with van der Waals surface area (Å²) < 4.78 is 0. The zero-order valence-electron chi connectivity index (χ0n) is 13.4. The van der Waals surface area contributed by atoms with Gasteiger partial charge in [-0.15, -0.1) is 0 Å².